The van der Waals surface area contributed by atoms with Gasteiger partial charge in [0.25, 0.3) is 5.91 Å². The van der Waals surface area contributed by atoms with Gasteiger partial charge in [-0.2, -0.15) is 4.99 Å². The molecular formula is C42H47N9O6S. The summed E-state index contributed by atoms with van der Waals surface area (Å²) in [5, 5.41) is 17.2. The van der Waals surface area contributed by atoms with E-state index < -0.39 is 21.8 Å². The number of benzene rings is 3. The van der Waals surface area contributed by atoms with E-state index in [-0.39, 0.29) is 35.0 Å². The summed E-state index contributed by atoms with van der Waals surface area (Å²) in [4.78, 5) is 63.3. The van der Waals surface area contributed by atoms with Crippen molar-refractivity contribution < 1.29 is 27.6 Å². The standard InChI is InChI=1S/C42H47N9O6S/c1-58(56,57)33-16-9-28(10-17-33)35-6-5-7-37(46-35)47-42(43)45-30-11-14-32(15-12-30)49-22-24-50(25-23-49)39(53)8-3-2-4-21-44-31-13-18-34-29(26-31)27-51(41(34)55)36-19-20-38(52)48-40(36)54/h5-7,9-18,26,36,44H,2-4,8,19-25,27H2,1H3,(H,48,52,54)(H3,43,45,46,47). The predicted octanol–water partition coefficient (Wildman–Crippen LogP) is 4.11. The summed E-state index contributed by atoms with van der Waals surface area (Å²) in [5.41, 5.74) is 6.12. The van der Waals surface area contributed by atoms with Crippen molar-refractivity contribution in [2.45, 2.75) is 56.0 Å². The number of unbranched alkanes of at least 4 members (excludes halogenated alkanes) is 2. The first kappa shape index (κ1) is 39.9. The summed E-state index contributed by atoms with van der Waals surface area (Å²) < 4.78 is 23.6. The molecule has 1 unspecified atom stereocenters. The second kappa shape index (κ2) is 17.5. The number of piperidine rings is 1. The van der Waals surface area contributed by atoms with Crippen molar-refractivity contribution in [2.75, 3.05) is 54.5 Å². The van der Waals surface area contributed by atoms with E-state index in [9.17, 15) is 27.6 Å². The third-order valence-electron chi connectivity index (χ3n) is 10.7. The number of piperazine rings is 1. The molecule has 15 nitrogen and oxygen atoms in total. The number of nitrogens with zero attached hydrogens (tertiary/aromatic N) is 4. The van der Waals surface area contributed by atoms with Crippen molar-refractivity contribution in [2.24, 2.45) is 4.99 Å². The molecule has 0 saturated carbocycles. The largest absolute Gasteiger partial charge is 0.385 e. The van der Waals surface area contributed by atoms with Crippen LogP contribution in [0.25, 0.3) is 11.3 Å². The Hall–Kier alpha value is -6.29. The molecule has 0 spiro atoms. The fourth-order valence-electron chi connectivity index (χ4n) is 7.48. The predicted molar refractivity (Wildman–Crippen MR) is 221 cm³/mol. The Morgan fingerprint density at radius 1 is 0.897 bits per heavy atom. The van der Waals surface area contributed by atoms with E-state index in [0.717, 1.165) is 72.8 Å². The number of anilines is 3. The first-order chi connectivity index (χ1) is 27.9. The van der Waals surface area contributed by atoms with Gasteiger partial charge in [-0.05, 0) is 97.1 Å². The lowest BCUT2D eigenvalue weighted by atomic mass is 10.0. The number of fused-ring (bicyclic) bond motifs is 1. The normalized spacial score (nSPS) is 17.3. The van der Waals surface area contributed by atoms with Crippen LogP contribution >= 0.6 is 0 Å². The van der Waals surface area contributed by atoms with Crippen LogP contribution in [0.3, 0.4) is 0 Å². The topological polar surface area (TPSA) is 200 Å². The lowest BCUT2D eigenvalue weighted by molar-refractivity contribution is -0.137. The number of nitrogens with one attached hydrogen (secondary N) is 5. The number of aromatic nitrogens is 1. The Labute approximate surface area is 337 Å². The zero-order valence-corrected chi connectivity index (χ0v) is 33.1. The Kier molecular flexibility index (Phi) is 12.0. The van der Waals surface area contributed by atoms with E-state index in [4.69, 9.17) is 5.41 Å². The Morgan fingerprint density at radius 3 is 2.36 bits per heavy atom. The molecule has 4 aromatic rings. The zero-order chi connectivity index (χ0) is 40.8. The van der Waals surface area contributed by atoms with E-state index in [0.29, 0.717) is 43.5 Å². The zero-order valence-electron chi connectivity index (χ0n) is 32.3. The second-order valence-electron chi connectivity index (χ2n) is 14.8. The van der Waals surface area contributed by atoms with Crippen LogP contribution in [0.1, 0.15) is 54.4 Å². The van der Waals surface area contributed by atoms with Gasteiger partial charge in [0.2, 0.25) is 23.7 Å². The van der Waals surface area contributed by atoms with Crippen molar-refractivity contribution in [3.63, 3.8) is 0 Å². The third-order valence-corrected chi connectivity index (χ3v) is 11.8. The molecule has 0 radical (unpaired) electrons. The van der Waals surface area contributed by atoms with Gasteiger partial charge in [-0.15, -0.1) is 0 Å². The van der Waals surface area contributed by atoms with E-state index >= 15 is 0 Å². The van der Waals surface area contributed by atoms with Gasteiger partial charge in [-0.25, -0.2) is 8.42 Å². The van der Waals surface area contributed by atoms with Crippen LogP contribution in [-0.4, -0.2) is 97.8 Å². The molecule has 2 fully saturated rings. The fraction of sp³-hybridized carbons (Fsp3) is 0.333. The maximum absolute atomic E-state index is 13.0. The van der Waals surface area contributed by atoms with Gasteiger partial charge in [-0.3, -0.25) is 29.9 Å². The SMILES string of the molecule is CS(=O)(=O)c1ccc(-c2ccc/c(=N/C(=N)Nc3ccc(N4CCN(C(=O)CCCCCNc5ccc6c(c5)CN(C5CCC(=O)NC5=O)C6=O)CC4)cc3)[nH]2)cc1. The van der Waals surface area contributed by atoms with Crippen LogP contribution in [0.5, 0.6) is 0 Å². The van der Waals surface area contributed by atoms with Crippen molar-refractivity contribution in [1.82, 2.24) is 20.1 Å². The first-order valence-electron chi connectivity index (χ1n) is 19.5. The summed E-state index contributed by atoms with van der Waals surface area (Å²) in [6.07, 6.45) is 4.86. The third kappa shape index (κ3) is 9.62. The molecule has 0 bridgehead atoms. The lowest BCUT2D eigenvalue weighted by Crippen LogP contribution is -2.52. The van der Waals surface area contributed by atoms with Crippen LogP contribution in [0.4, 0.5) is 17.1 Å². The second-order valence-corrected chi connectivity index (χ2v) is 16.8. The molecule has 302 valence electrons. The molecular weight excluding hydrogens is 759 g/mol. The van der Waals surface area contributed by atoms with E-state index in [1.807, 2.05) is 53.4 Å². The van der Waals surface area contributed by atoms with E-state index in [1.165, 1.54) is 6.26 Å². The average Bonchev–Trinajstić information content (AvgIpc) is 3.53. The number of H-pyrrole nitrogens is 1. The summed E-state index contributed by atoms with van der Waals surface area (Å²) in [6.45, 7) is 3.85. The van der Waals surface area contributed by atoms with Gasteiger partial charge in [0.05, 0.1) is 4.90 Å². The maximum Gasteiger partial charge on any atom is 0.255 e. The molecule has 3 aromatic carbocycles. The minimum absolute atomic E-state index is 0.0450. The number of hydrogen-bond donors (Lipinski definition) is 5. The highest BCUT2D eigenvalue weighted by molar-refractivity contribution is 7.90. The summed E-state index contributed by atoms with van der Waals surface area (Å²) in [6, 6.07) is 24.8. The minimum Gasteiger partial charge on any atom is -0.385 e. The number of carbonyl (C=O) groups excluding carboxylic acids is 4. The van der Waals surface area contributed by atoms with Gasteiger partial charge in [0.1, 0.15) is 11.5 Å². The van der Waals surface area contributed by atoms with Gasteiger partial charge in [0, 0.05) is 86.7 Å². The Bertz CT molecular complexity index is 2390. The number of amides is 4. The van der Waals surface area contributed by atoms with Crippen LogP contribution in [0, 0.1) is 5.41 Å². The molecule has 7 rings (SSSR count). The summed E-state index contributed by atoms with van der Waals surface area (Å²) in [7, 11) is -3.29. The molecule has 5 N–H and O–H groups in total. The molecule has 1 aromatic heterocycles. The van der Waals surface area contributed by atoms with E-state index in [2.05, 4.69) is 30.8 Å². The van der Waals surface area contributed by atoms with Crippen molar-refractivity contribution in [1.29, 1.82) is 5.41 Å². The van der Waals surface area contributed by atoms with Crippen molar-refractivity contribution in [3.05, 3.63) is 102 Å². The number of hydrogen-bond acceptors (Lipinski definition) is 9. The highest BCUT2D eigenvalue weighted by Crippen LogP contribution is 2.30. The molecule has 2 saturated heterocycles. The molecule has 58 heavy (non-hydrogen) atoms. The monoisotopic (exact) mass is 805 g/mol. The average molecular weight is 806 g/mol. The van der Waals surface area contributed by atoms with Crippen LogP contribution in [0.2, 0.25) is 0 Å². The molecule has 16 heteroatoms. The highest BCUT2D eigenvalue weighted by Gasteiger charge is 2.39. The molecule has 3 aliphatic rings. The van der Waals surface area contributed by atoms with Crippen LogP contribution in [-0.2, 0) is 30.8 Å². The number of guanidine groups is 1. The number of rotatable bonds is 12. The summed E-state index contributed by atoms with van der Waals surface area (Å²) in [5.74, 6) is -0.776. The quantitative estimate of drug-likeness (QED) is 0.0605. The molecule has 0 aliphatic carbocycles. The summed E-state index contributed by atoms with van der Waals surface area (Å²) >= 11 is 0. The van der Waals surface area contributed by atoms with E-state index in [1.54, 1.807) is 41.3 Å². The fourth-order valence-corrected chi connectivity index (χ4v) is 8.11. The maximum atomic E-state index is 13.0. The van der Waals surface area contributed by atoms with Gasteiger partial charge < -0.3 is 30.3 Å². The van der Waals surface area contributed by atoms with Crippen LogP contribution < -0.4 is 26.3 Å². The Balaban J connectivity index is 0.798. The van der Waals surface area contributed by atoms with Gasteiger partial charge in [-0.1, -0.05) is 24.6 Å². The van der Waals surface area contributed by atoms with Crippen LogP contribution in [0.15, 0.2) is 94.8 Å². The number of aromatic amines is 1. The molecule has 1 atom stereocenters. The smallest absolute Gasteiger partial charge is 0.255 e. The van der Waals surface area contributed by atoms with Crippen molar-refractivity contribution in [3.8, 4) is 11.3 Å². The first-order valence-corrected chi connectivity index (χ1v) is 21.3. The van der Waals surface area contributed by atoms with Gasteiger partial charge >= 0.3 is 0 Å². The minimum atomic E-state index is -3.29. The number of pyridine rings is 1. The molecule has 4 amide bonds. The molecule has 3 aliphatic heterocycles. The van der Waals surface area contributed by atoms with Gasteiger partial charge in [0.15, 0.2) is 9.84 Å². The number of imide groups is 1. The Morgan fingerprint density at radius 2 is 1.64 bits per heavy atom. The lowest BCUT2D eigenvalue weighted by Gasteiger charge is -2.36. The number of carbonyl (C=O) groups is 4. The molecule has 4 heterocycles. The highest BCUT2D eigenvalue weighted by atomic mass is 32.2. The number of sulfone groups is 1. The van der Waals surface area contributed by atoms with Crippen molar-refractivity contribution >= 4 is 56.5 Å².